The minimum Gasteiger partial charge on any atom is -0.489 e. The SMILES string of the molecule is N#Cc1c(N)nc2c(c1-c1ccc(OCc3ccccc3F)cc1)c(=O)nc1sccn12. The second kappa shape index (κ2) is 7.76. The molecule has 7 nitrogen and oxygen atoms in total. The summed E-state index contributed by atoms with van der Waals surface area (Å²) in [5.74, 6) is 0.201. The van der Waals surface area contributed by atoms with Crippen molar-refractivity contribution in [1.82, 2.24) is 14.4 Å². The predicted molar refractivity (Wildman–Crippen MR) is 120 cm³/mol. The van der Waals surface area contributed by atoms with E-state index in [2.05, 4.69) is 16.0 Å². The van der Waals surface area contributed by atoms with E-state index in [1.165, 1.54) is 17.4 Å². The molecule has 2 N–H and O–H groups in total. The molecule has 0 amide bonds. The standard InChI is InChI=1S/C23H14FN5O2S/c24-17-4-2-1-3-14(17)12-31-15-7-5-13(6-8-15)18-16(11-25)20(26)27-21-19(18)22(30)28-23-29(21)9-10-32-23/h1-10H,12H2,(H2,26,27). The highest BCUT2D eigenvalue weighted by atomic mass is 32.1. The molecule has 0 aliphatic carbocycles. The van der Waals surface area contributed by atoms with Crippen LogP contribution < -0.4 is 16.0 Å². The lowest BCUT2D eigenvalue weighted by molar-refractivity contribution is 0.300. The molecule has 9 heteroatoms. The number of anilines is 1. The monoisotopic (exact) mass is 443 g/mol. The number of halogens is 1. The van der Waals surface area contributed by atoms with Crippen LogP contribution in [0.5, 0.6) is 5.75 Å². The van der Waals surface area contributed by atoms with Crippen molar-refractivity contribution in [3.8, 4) is 22.9 Å². The molecule has 3 aromatic heterocycles. The van der Waals surface area contributed by atoms with Gasteiger partial charge in [-0.15, -0.1) is 11.3 Å². The van der Waals surface area contributed by atoms with Crippen molar-refractivity contribution in [3.63, 3.8) is 0 Å². The number of nitrogen functional groups attached to an aromatic ring is 1. The summed E-state index contributed by atoms with van der Waals surface area (Å²) in [5, 5.41) is 11.7. The number of nitrogens with zero attached hydrogens (tertiary/aromatic N) is 4. The maximum absolute atomic E-state index is 13.8. The van der Waals surface area contributed by atoms with E-state index in [4.69, 9.17) is 10.5 Å². The Balaban J connectivity index is 1.60. The maximum Gasteiger partial charge on any atom is 0.284 e. The lowest BCUT2D eigenvalue weighted by Gasteiger charge is -2.12. The van der Waals surface area contributed by atoms with Gasteiger partial charge in [-0.25, -0.2) is 9.37 Å². The highest BCUT2D eigenvalue weighted by Gasteiger charge is 2.20. The molecular weight excluding hydrogens is 429 g/mol. The summed E-state index contributed by atoms with van der Waals surface area (Å²) in [4.78, 5) is 21.8. The molecule has 0 radical (unpaired) electrons. The molecule has 32 heavy (non-hydrogen) atoms. The molecule has 0 saturated carbocycles. The average Bonchev–Trinajstić information content (AvgIpc) is 3.27. The Hall–Kier alpha value is -4.29. The molecular formula is C23H14FN5O2S. The van der Waals surface area contributed by atoms with Crippen LogP contribution in [0.2, 0.25) is 0 Å². The van der Waals surface area contributed by atoms with Crippen molar-refractivity contribution in [1.29, 1.82) is 5.26 Å². The first kappa shape index (κ1) is 19.7. The van der Waals surface area contributed by atoms with Crippen LogP contribution in [0.15, 0.2) is 64.9 Å². The summed E-state index contributed by atoms with van der Waals surface area (Å²) >= 11 is 1.30. The molecule has 156 valence electrons. The molecule has 0 saturated heterocycles. The van der Waals surface area contributed by atoms with E-state index in [-0.39, 0.29) is 29.2 Å². The summed E-state index contributed by atoms with van der Waals surface area (Å²) in [7, 11) is 0. The first-order valence-electron chi connectivity index (χ1n) is 9.52. The molecule has 0 unspecified atom stereocenters. The zero-order valence-electron chi connectivity index (χ0n) is 16.4. The Morgan fingerprint density at radius 1 is 1.16 bits per heavy atom. The molecule has 0 aliphatic rings. The highest BCUT2D eigenvalue weighted by Crippen LogP contribution is 2.33. The Bertz CT molecular complexity index is 1590. The second-order valence-corrected chi connectivity index (χ2v) is 7.81. The van der Waals surface area contributed by atoms with E-state index < -0.39 is 5.56 Å². The van der Waals surface area contributed by atoms with Crippen LogP contribution in [0.1, 0.15) is 11.1 Å². The van der Waals surface area contributed by atoms with Gasteiger partial charge in [-0.2, -0.15) is 10.2 Å². The number of hydrogen-bond donors (Lipinski definition) is 1. The Labute approximate surface area is 184 Å². The molecule has 0 aliphatic heterocycles. The minimum atomic E-state index is -0.485. The quantitative estimate of drug-likeness (QED) is 0.447. The van der Waals surface area contributed by atoms with Crippen molar-refractivity contribution in [2.45, 2.75) is 6.61 Å². The van der Waals surface area contributed by atoms with Crippen LogP contribution >= 0.6 is 11.3 Å². The summed E-state index contributed by atoms with van der Waals surface area (Å²) in [5.41, 5.74) is 7.43. The van der Waals surface area contributed by atoms with Crippen molar-refractivity contribution >= 4 is 33.1 Å². The third-order valence-corrected chi connectivity index (χ3v) is 5.80. The number of benzene rings is 2. The van der Waals surface area contributed by atoms with E-state index in [0.717, 1.165) is 0 Å². The van der Waals surface area contributed by atoms with Crippen molar-refractivity contribution < 1.29 is 9.13 Å². The summed E-state index contributed by atoms with van der Waals surface area (Å²) < 4.78 is 21.2. The van der Waals surface area contributed by atoms with Gasteiger partial charge in [0.15, 0.2) is 10.6 Å². The summed E-state index contributed by atoms with van der Waals surface area (Å²) in [6, 6.07) is 15.3. The van der Waals surface area contributed by atoms with Gasteiger partial charge in [0.2, 0.25) is 0 Å². The summed E-state index contributed by atoms with van der Waals surface area (Å²) in [6.45, 7) is 0.0714. The van der Waals surface area contributed by atoms with Crippen LogP contribution in [0.4, 0.5) is 10.2 Å². The Morgan fingerprint density at radius 2 is 1.94 bits per heavy atom. The largest absolute Gasteiger partial charge is 0.489 e. The van der Waals surface area contributed by atoms with Crippen molar-refractivity contribution in [3.05, 3.63) is 87.4 Å². The van der Waals surface area contributed by atoms with Crippen LogP contribution in [0.25, 0.3) is 27.1 Å². The van der Waals surface area contributed by atoms with Gasteiger partial charge >= 0.3 is 0 Å². The Morgan fingerprint density at radius 3 is 2.69 bits per heavy atom. The lowest BCUT2D eigenvalue weighted by Crippen LogP contribution is -2.13. The molecule has 0 spiro atoms. The van der Waals surface area contributed by atoms with Gasteiger partial charge in [0.1, 0.15) is 35.6 Å². The van der Waals surface area contributed by atoms with Gasteiger partial charge in [0, 0.05) is 22.7 Å². The van der Waals surface area contributed by atoms with Crippen LogP contribution in [-0.2, 0) is 6.61 Å². The number of fused-ring (bicyclic) bond motifs is 3. The molecule has 5 rings (SSSR count). The molecule has 3 heterocycles. The maximum atomic E-state index is 13.8. The number of rotatable bonds is 4. The lowest BCUT2D eigenvalue weighted by atomic mass is 9.98. The molecule has 0 fully saturated rings. The predicted octanol–water partition coefficient (Wildman–Crippen LogP) is 4.14. The molecule has 5 aromatic rings. The first-order chi connectivity index (χ1) is 15.6. The minimum absolute atomic E-state index is 0.0282. The van der Waals surface area contributed by atoms with E-state index in [1.807, 2.05) is 0 Å². The van der Waals surface area contributed by atoms with Gasteiger partial charge < -0.3 is 10.5 Å². The van der Waals surface area contributed by atoms with Crippen LogP contribution in [0, 0.1) is 17.1 Å². The topological polar surface area (TPSA) is 106 Å². The van der Waals surface area contributed by atoms with E-state index in [1.54, 1.807) is 58.4 Å². The Kier molecular flexibility index (Phi) is 4.77. The average molecular weight is 443 g/mol. The normalized spacial score (nSPS) is 11.0. The zero-order valence-corrected chi connectivity index (χ0v) is 17.3. The number of hydrogen-bond acceptors (Lipinski definition) is 7. The number of nitriles is 1. The zero-order chi connectivity index (χ0) is 22.2. The van der Waals surface area contributed by atoms with Gasteiger partial charge in [-0.3, -0.25) is 9.20 Å². The van der Waals surface area contributed by atoms with Crippen molar-refractivity contribution in [2.75, 3.05) is 5.73 Å². The van der Waals surface area contributed by atoms with Crippen molar-refractivity contribution in [2.24, 2.45) is 0 Å². The highest BCUT2D eigenvalue weighted by molar-refractivity contribution is 7.15. The fourth-order valence-electron chi connectivity index (χ4n) is 3.52. The smallest absolute Gasteiger partial charge is 0.284 e. The summed E-state index contributed by atoms with van der Waals surface area (Å²) in [6.07, 6.45) is 1.75. The van der Waals surface area contributed by atoms with Gasteiger partial charge in [0.05, 0.1) is 5.39 Å². The fraction of sp³-hybridized carbons (Fsp3) is 0.0435. The fourth-order valence-corrected chi connectivity index (χ4v) is 4.22. The van der Waals surface area contributed by atoms with Crippen LogP contribution in [0.3, 0.4) is 0 Å². The van der Waals surface area contributed by atoms with E-state index in [0.29, 0.717) is 33.0 Å². The van der Waals surface area contributed by atoms with Gasteiger partial charge in [0.25, 0.3) is 5.56 Å². The number of pyridine rings is 1. The number of nitrogens with two attached hydrogens (primary N) is 1. The third kappa shape index (κ3) is 3.23. The second-order valence-electron chi connectivity index (χ2n) is 6.93. The molecule has 0 atom stereocenters. The third-order valence-electron chi connectivity index (χ3n) is 5.04. The number of thiazole rings is 1. The molecule has 0 bridgehead atoms. The number of ether oxygens (including phenoxy) is 1. The van der Waals surface area contributed by atoms with Gasteiger partial charge in [-0.05, 0) is 23.8 Å². The van der Waals surface area contributed by atoms with Gasteiger partial charge in [-0.1, -0.05) is 30.3 Å². The molecule has 2 aromatic carbocycles. The number of aromatic nitrogens is 3. The van der Waals surface area contributed by atoms with E-state index >= 15 is 0 Å². The first-order valence-corrected chi connectivity index (χ1v) is 10.4. The van der Waals surface area contributed by atoms with Crippen LogP contribution in [-0.4, -0.2) is 14.4 Å². The van der Waals surface area contributed by atoms with E-state index in [9.17, 15) is 14.4 Å².